The molecule has 1 aromatic carbocycles. The second kappa shape index (κ2) is 7.38. The molecule has 0 fully saturated rings. The summed E-state index contributed by atoms with van der Waals surface area (Å²) in [5, 5.41) is 0. The molecular formula is C18H19F3O5S. The number of hydrogen-bond acceptors (Lipinski definition) is 5. The van der Waals surface area contributed by atoms with Gasteiger partial charge in [0.2, 0.25) is 0 Å². The molecule has 1 aliphatic rings. The van der Waals surface area contributed by atoms with Gasteiger partial charge in [0.25, 0.3) is 0 Å². The molecule has 1 unspecified atom stereocenters. The lowest BCUT2D eigenvalue weighted by Gasteiger charge is -2.35. The number of esters is 1. The number of carbonyl (C=O) groups is 1. The summed E-state index contributed by atoms with van der Waals surface area (Å²) in [6.07, 6.45) is 2.82. The lowest BCUT2D eigenvalue weighted by molar-refractivity contribution is -0.137. The van der Waals surface area contributed by atoms with E-state index in [1.54, 1.807) is 31.2 Å². The van der Waals surface area contributed by atoms with Crippen LogP contribution in [-0.4, -0.2) is 27.0 Å². The Morgan fingerprint density at radius 2 is 1.85 bits per heavy atom. The van der Waals surface area contributed by atoms with E-state index in [1.165, 1.54) is 19.1 Å². The molecule has 0 aromatic heterocycles. The van der Waals surface area contributed by atoms with Gasteiger partial charge in [-0.2, -0.15) is 21.6 Å². The van der Waals surface area contributed by atoms with Gasteiger partial charge in [-0.25, -0.2) is 4.79 Å². The number of hydrogen-bond donors (Lipinski definition) is 0. The first-order valence-corrected chi connectivity index (χ1v) is 9.38. The number of methoxy groups -OCH3 is 1. The van der Waals surface area contributed by atoms with E-state index in [0.29, 0.717) is 0 Å². The Hall–Kier alpha value is -2.29. The minimum Gasteiger partial charge on any atom is -0.466 e. The Bertz CT molecular complexity index is 900. The molecule has 0 heterocycles. The first-order valence-electron chi connectivity index (χ1n) is 7.97. The summed E-state index contributed by atoms with van der Waals surface area (Å²) in [5.41, 5.74) is -5.41. The molecule has 2 rings (SSSR count). The van der Waals surface area contributed by atoms with Crippen LogP contribution in [0.5, 0.6) is 0 Å². The highest BCUT2D eigenvalue weighted by molar-refractivity contribution is 7.87. The van der Waals surface area contributed by atoms with Gasteiger partial charge in [-0.3, -0.25) is 0 Å². The maximum Gasteiger partial charge on any atom is 0.534 e. The average molecular weight is 404 g/mol. The smallest absolute Gasteiger partial charge is 0.466 e. The molecule has 0 radical (unpaired) electrons. The van der Waals surface area contributed by atoms with Crippen LogP contribution in [0.4, 0.5) is 13.2 Å². The van der Waals surface area contributed by atoms with E-state index in [-0.39, 0.29) is 18.4 Å². The number of benzene rings is 1. The Balaban J connectivity index is 2.53. The minimum atomic E-state index is -5.87. The number of alkyl halides is 3. The summed E-state index contributed by atoms with van der Waals surface area (Å²) in [6.45, 7) is 3.26. The predicted molar refractivity (Wildman–Crippen MR) is 91.8 cm³/mol. The molecule has 0 bridgehead atoms. The van der Waals surface area contributed by atoms with Crippen molar-refractivity contribution in [1.82, 2.24) is 0 Å². The molecule has 0 spiro atoms. The molecule has 148 valence electrons. The van der Waals surface area contributed by atoms with Crippen molar-refractivity contribution >= 4 is 16.1 Å². The monoisotopic (exact) mass is 404 g/mol. The van der Waals surface area contributed by atoms with Crippen molar-refractivity contribution in [2.24, 2.45) is 5.41 Å². The normalized spacial score (nSPS) is 20.5. The fraction of sp³-hybridized carbons (Fsp3) is 0.389. The van der Waals surface area contributed by atoms with Gasteiger partial charge in [0.05, 0.1) is 12.5 Å². The van der Waals surface area contributed by atoms with E-state index in [2.05, 4.69) is 4.18 Å². The van der Waals surface area contributed by atoms with E-state index in [0.717, 1.165) is 18.2 Å². The van der Waals surface area contributed by atoms with E-state index in [9.17, 15) is 26.4 Å². The van der Waals surface area contributed by atoms with E-state index >= 15 is 0 Å². The Morgan fingerprint density at radius 3 is 2.41 bits per heavy atom. The summed E-state index contributed by atoms with van der Waals surface area (Å²) in [6, 6.07) is 7.09. The van der Waals surface area contributed by atoms with Crippen LogP contribution in [0.3, 0.4) is 0 Å². The van der Waals surface area contributed by atoms with Crippen LogP contribution < -0.4 is 0 Å². The zero-order valence-corrected chi connectivity index (χ0v) is 15.8. The Labute approximate surface area is 155 Å². The molecule has 27 heavy (non-hydrogen) atoms. The van der Waals surface area contributed by atoms with Crippen LogP contribution in [0.25, 0.3) is 0 Å². The van der Waals surface area contributed by atoms with Crippen molar-refractivity contribution < 1.29 is 35.3 Å². The Morgan fingerprint density at radius 1 is 1.22 bits per heavy atom. The summed E-state index contributed by atoms with van der Waals surface area (Å²) < 4.78 is 70.7. The van der Waals surface area contributed by atoms with Crippen molar-refractivity contribution in [2.45, 2.75) is 32.2 Å². The van der Waals surface area contributed by atoms with Gasteiger partial charge in [0.1, 0.15) is 5.76 Å². The van der Waals surface area contributed by atoms with Crippen LogP contribution in [0.1, 0.15) is 24.5 Å². The van der Waals surface area contributed by atoms with Crippen molar-refractivity contribution in [2.75, 3.05) is 7.11 Å². The highest BCUT2D eigenvalue weighted by Gasteiger charge is 2.52. The third kappa shape index (κ3) is 4.18. The molecular weight excluding hydrogens is 385 g/mol. The number of carbonyl (C=O) groups excluding carboxylic acids is 1. The second-order valence-electron chi connectivity index (χ2n) is 6.33. The lowest BCUT2D eigenvalue weighted by Crippen LogP contribution is -2.36. The van der Waals surface area contributed by atoms with Crippen molar-refractivity contribution in [1.29, 1.82) is 0 Å². The quantitative estimate of drug-likeness (QED) is 0.424. The van der Waals surface area contributed by atoms with E-state index in [1.807, 2.05) is 0 Å². The maximum absolute atomic E-state index is 12.8. The lowest BCUT2D eigenvalue weighted by atomic mass is 9.72. The molecule has 5 nitrogen and oxygen atoms in total. The van der Waals surface area contributed by atoms with E-state index in [4.69, 9.17) is 4.74 Å². The summed E-state index contributed by atoms with van der Waals surface area (Å²) in [4.78, 5) is 12.2. The molecule has 0 saturated carbocycles. The standard InChI is InChI=1S/C18H19F3O5S/c1-12-7-4-5-8-13(12)11-17(2)14(16(22)25-3)9-6-10-15(17)26-27(23,24)18(19,20)21/h4-5,7-10H,6,11H2,1-3H3. The fourth-order valence-corrected chi connectivity index (χ4v) is 3.53. The summed E-state index contributed by atoms with van der Waals surface area (Å²) in [7, 11) is -4.73. The zero-order valence-electron chi connectivity index (χ0n) is 15.0. The van der Waals surface area contributed by atoms with Crippen LogP contribution in [-0.2, 0) is 30.3 Å². The van der Waals surface area contributed by atoms with Crippen LogP contribution in [0, 0.1) is 12.3 Å². The van der Waals surface area contributed by atoms with Gasteiger partial charge in [-0.05, 0) is 43.9 Å². The maximum atomic E-state index is 12.8. The molecule has 0 amide bonds. The predicted octanol–water partition coefficient (Wildman–Crippen LogP) is 3.80. The van der Waals surface area contributed by atoms with Crippen LogP contribution >= 0.6 is 0 Å². The first-order chi connectivity index (χ1) is 12.4. The van der Waals surface area contributed by atoms with Gasteiger partial charge in [-0.1, -0.05) is 30.3 Å². The van der Waals surface area contributed by atoms with Crippen LogP contribution in [0.2, 0.25) is 0 Å². The number of halogens is 3. The number of rotatable bonds is 5. The largest absolute Gasteiger partial charge is 0.534 e. The highest BCUT2D eigenvalue weighted by atomic mass is 32.2. The van der Waals surface area contributed by atoms with Crippen molar-refractivity contribution in [3.63, 3.8) is 0 Å². The molecule has 0 saturated heterocycles. The van der Waals surface area contributed by atoms with Crippen molar-refractivity contribution in [3.8, 4) is 0 Å². The minimum absolute atomic E-state index is 0.0382. The summed E-state index contributed by atoms with van der Waals surface area (Å²) >= 11 is 0. The van der Waals surface area contributed by atoms with Gasteiger partial charge >= 0.3 is 21.6 Å². The third-order valence-electron chi connectivity index (χ3n) is 4.46. The Kier molecular flexibility index (Phi) is 5.74. The number of ether oxygens (including phenoxy) is 1. The molecule has 9 heteroatoms. The molecule has 0 N–H and O–H groups in total. The van der Waals surface area contributed by atoms with Gasteiger partial charge in [-0.15, -0.1) is 0 Å². The van der Waals surface area contributed by atoms with Crippen LogP contribution in [0.15, 0.2) is 47.7 Å². The van der Waals surface area contributed by atoms with Crippen molar-refractivity contribution in [3.05, 3.63) is 58.9 Å². The van der Waals surface area contributed by atoms with Gasteiger partial charge in [0.15, 0.2) is 0 Å². The highest BCUT2D eigenvalue weighted by Crippen LogP contribution is 2.45. The SMILES string of the molecule is COC(=O)C1=CCC=C(OS(=O)(=O)C(F)(F)F)C1(C)Cc1ccccc1C. The molecule has 0 aliphatic heterocycles. The third-order valence-corrected chi connectivity index (χ3v) is 5.42. The van der Waals surface area contributed by atoms with Gasteiger partial charge < -0.3 is 8.92 Å². The first kappa shape index (κ1) is 21.0. The number of aryl methyl sites for hydroxylation is 1. The topological polar surface area (TPSA) is 69.7 Å². The molecule has 1 atom stereocenters. The molecule has 1 aliphatic carbocycles. The van der Waals surface area contributed by atoms with Gasteiger partial charge in [0, 0.05) is 5.57 Å². The molecule has 1 aromatic rings. The zero-order chi connectivity index (χ0) is 20.5. The van der Waals surface area contributed by atoms with E-state index < -0.39 is 32.8 Å². The summed E-state index contributed by atoms with van der Waals surface area (Å²) in [5.74, 6) is -1.21. The second-order valence-corrected chi connectivity index (χ2v) is 7.87. The average Bonchev–Trinajstić information content (AvgIpc) is 2.57. The fourth-order valence-electron chi connectivity index (χ4n) is 2.95. The number of allylic oxidation sites excluding steroid dienone is 3.